The van der Waals surface area contributed by atoms with Crippen molar-refractivity contribution in [2.24, 2.45) is 5.92 Å². The third-order valence-electron chi connectivity index (χ3n) is 4.91. The van der Waals surface area contributed by atoms with Crippen molar-refractivity contribution < 1.29 is 19.5 Å². The molecule has 0 aromatic heterocycles. The first-order valence-electron chi connectivity index (χ1n) is 8.73. The molecule has 7 nitrogen and oxygen atoms in total. The SMILES string of the molecule is O=C(NC1CCC(C(=O)O)CC1)c1cccc(N2CCCNC2=O)c1. The zero-order valence-corrected chi connectivity index (χ0v) is 14.0. The second kappa shape index (κ2) is 7.55. The van der Waals surface area contributed by atoms with Crippen LogP contribution in [0.3, 0.4) is 0 Å². The van der Waals surface area contributed by atoms with Crippen molar-refractivity contribution >= 4 is 23.6 Å². The van der Waals surface area contributed by atoms with Crippen LogP contribution >= 0.6 is 0 Å². The molecule has 3 N–H and O–H groups in total. The number of urea groups is 1. The number of carbonyl (C=O) groups excluding carboxylic acids is 2. The molecule has 2 aliphatic rings. The van der Waals surface area contributed by atoms with Crippen molar-refractivity contribution in [1.29, 1.82) is 0 Å². The van der Waals surface area contributed by atoms with Crippen LogP contribution in [0.4, 0.5) is 10.5 Å². The van der Waals surface area contributed by atoms with Gasteiger partial charge in [-0.05, 0) is 50.3 Å². The first-order valence-corrected chi connectivity index (χ1v) is 8.73. The molecular formula is C18H23N3O4. The molecule has 1 saturated carbocycles. The van der Waals surface area contributed by atoms with Crippen molar-refractivity contribution in [1.82, 2.24) is 10.6 Å². The summed E-state index contributed by atoms with van der Waals surface area (Å²) in [6.45, 7) is 1.31. The molecule has 0 bridgehead atoms. The fraction of sp³-hybridized carbons (Fsp3) is 0.500. The zero-order valence-electron chi connectivity index (χ0n) is 14.0. The van der Waals surface area contributed by atoms with Crippen LogP contribution in [0.15, 0.2) is 24.3 Å². The Morgan fingerprint density at radius 3 is 2.64 bits per heavy atom. The van der Waals surface area contributed by atoms with Crippen LogP contribution in [-0.4, -0.2) is 42.1 Å². The predicted octanol–water partition coefficient (Wildman–Crippen LogP) is 1.98. The lowest BCUT2D eigenvalue weighted by Crippen LogP contribution is -2.46. The Kier molecular flexibility index (Phi) is 5.21. The third kappa shape index (κ3) is 4.10. The molecule has 1 aromatic rings. The molecule has 7 heteroatoms. The van der Waals surface area contributed by atoms with E-state index >= 15 is 0 Å². The molecule has 0 unspecified atom stereocenters. The van der Waals surface area contributed by atoms with Crippen LogP contribution in [0.25, 0.3) is 0 Å². The Balaban J connectivity index is 1.62. The van der Waals surface area contributed by atoms with E-state index in [4.69, 9.17) is 5.11 Å². The Bertz CT molecular complexity index is 668. The van der Waals surface area contributed by atoms with Gasteiger partial charge in [0.1, 0.15) is 0 Å². The van der Waals surface area contributed by atoms with Crippen LogP contribution in [0.1, 0.15) is 42.5 Å². The van der Waals surface area contributed by atoms with E-state index in [1.807, 2.05) is 6.07 Å². The average molecular weight is 345 g/mol. The van der Waals surface area contributed by atoms with Gasteiger partial charge in [0, 0.05) is 30.4 Å². The first kappa shape index (κ1) is 17.3. The number of nitrogens with one attached hydrogen (secondary N) is 2. The molecule has 2 fully saturated rings. The Hall–Kier alpha value is -2.57. The second-order valence-electron chi connectivity index (χ2n) is 6.65. The standard InChI is InChI=1S/C18H23N3O4/c22-16(20-14-7-5-12(6-8-14)17(23)24)13-3-1-4-15(11-13)21-10-2-9-19-18(21)25/h1,3-4,11-12,14H,2,5-10H2,(H,19,25)(H,20,22)(H,23,24). The van der Waals surface area contributed by atoms with E-state index in [1.165, 1.54) is 0 Å². The molecule has 0 spiro atoms. The van der Waals surface area contributed by atoms with Crippen LogP contribution in [0.5, 0.6) is 0 Å². The maximum absolute atomic E-state index is 12.5. The van der Waals surface area contributed by atoms with Gasteiger partial charge in [-0.2, -0.15) is 0 Å². The highest BCUT2D eigenvalue weighted by molar-refractivity contribution is 5.98. The van der Waals surface area contributed by atoms with E-state index in [-0.39, 0.29) is 23.9 Å². The summed E-state index contributed by atoms with van der Waals surface area (Å²) < 4.78 is 0. The van der Waals surface area contributed by atoms with Crippen LogP contribution < -0.4 is 15.5 Å². The van der Waals surface area contributed by atoms with Crippen LogP contribution in [0.2, 0.25) is 0 Å². The zero-order chi connectivity index (χ0) is 17.8. The highest BCUT2D eigenvalue weighted by atomic mass is 16.4. The summed E-state index contributed by atoms with van der Waals surface area (Å²) in [4.78, 5) is 37.1. The number of aliphatic carboxylic acids is 1. The van der Waals surface area contributed by atoms with Gasteiger partial charge in [-0.3, -0.25) is 14.5 Å². The summed E-state index contributed by atoms with van der Waals surface area (Å²) >= 11 is 0. The normalized spacial score (nSPS) is 23.7. The van der Waals surface area contributed by atoms with Gasteiger partial charge in [0.25, 0.3) is 5.91 Å². The fourth-order valence-corrected chi connectivity index (χ4v) is 3.44. The van der Waals surface area contributed by atoms with E-state index in [2.05, 4.69) is 10.6 Å². The number of amides is 3. The molecule has 3 amide bonds. The van der Waals surface area contributed by atoms with Gasteiger partial charge in [-0.15, -0.1) is 0 Å². The summed E-state index contributed by atoms with van der Waals surface area (Å²) in [5.41, 5.74) is 1.22. The van der Waals surface area contributed by atoms with Crippen LogP contribution in [-0.2, 0) is 4.79 Å². The lowest BCUT2D eigenvalue weighted by atomic mass is 9.86. The van der Waals surface area contributed by atoms with Crippen molar-refractivity contribution in [2.75, 3.05) is 18.0 Å². The molecule has 1 aliphatic carbocycles. The lowest BCUT2D eigenvalue weighted by molar-refractivity contribution is -0.142. The number of rotatable bonds is 4. The van der Waals surface area contributed by atoms with Crippen molar-refractivity contribution in [3.8, 4) is 0 Å². The third-order valence-corrected chi connectivity index (χ3v) is 4.91. The summed E-state index contributed by atoms with van der Waals surface area (Å²) in [6.07, 6.45) is 3.41. The molecule has 25 heavy (non-hydrogen) atoms. The smallest absolute Gasteiger partial charge is 0.321 e. The molecule has 1 saturated heterocycles. The average Bonchev–Trinajstić information content (AvgIpc) is 2.62. The van der Waals surface area contributed by atoms with E-state index in [9.17, 15) is 14.4 Å². The van der Waals surface area contributed by atoms with Crippen LogP contribution in [0, 0.1) is 5.92 Å². The largest absolute Gasteiger partial charge is 0.481 e. The summed E-state index contributed by atoms with van der Waals surface area (Å²) in [5.74, 6) is -1.23. The van der Waals surface area contributed by atoms with Gasteiger partial charge in [-0.25, -0.2) is 4.79 Å². The minimum atomic E-state index is -0.753. The van der Waals surface area contributed by atoms with Gasteiger partial charge in [0.05, 0.1) is 5.92 Å². The summed E-state index contributed by atoms with van der Waals surface area (Å²) in [5, 5.41) is 14.8. The number of nitrogens with zero attached hydrogens (tertiary/aromatic N) is 1. The molecule has 3 rings (SSSR count). The van der Waals surface area contributed by atoms with Gasteiger partial charge in [0.2, 0.25) is 0 Å². The van der Waals surface area contributed by atoms with E-state index in [0.29, 0.717) is 50.0 Å². The Morgan fingerprint density at radius 2 is 1.96 bits per heavy atom. The predicted molar refractivity (Wildman–Crippen MR) is 92.7 cm³/mol. The molecular weight excluding hydrogens is 322 g/mol. The lowest BCUT2D eigenvalue weighted by Gasteiger charge is -2.28. The molecule has 134 valence electrons. The number of carboxylic acid groups (broad SMARTS) is 1. The Labute approximate surface area is 146 Å². The molecule has 1 aromatic carbocycles. The minimum absolute atomic E-state index is 0.00467. The topological polar surface area (TPSA) is 98.7 Å². The second-order valence-corrected chi connectivity index (χ2v) is 6.65. The van der Waals surface area contributed by atoms with E-state index in [1.54, 1.807) is 23.1 Å². The van der Waals surface area contributed by atoms with Gasteiger partial charge in [-0.1, -0.05) is 6.07 Å². The van der Waals surface area contributed by atoms with Gasteiger partial charge >= 0.3 is 12.0 Å². The number of carboxylic acids is 1. The number of anilines is 1. The molecule has 1 heterocycles. The van der Waals surface area contributed by atoms with E-state index in [0.717, 1.165) is 6.42 Å². The minimum Gasteiger partial charge on any atom is -0.481 e. The maximum Gasteiger partial charge on any atom is 0.321 e. The highest BCUT2D eigenvalue weighted by Crippen LogP contribution is 2.25. The summed E-state index contributed by atoms with van der Waals surface area (Å²) in [7, 11) is 0. The van der Waals surface area contributed by atoms with Crippen molar-refractivity contribution in [2.45, 2.75) is 38.1 Å². The van der Waals surface area contributed by atoms with Gasteiger partial charge < -0.3 is 15.7 Å². The summed E-state index contributed by atoms with van der Waals surface area (Å²) in [6, 6.07) is 6.90. The first-order chi connectivity index (χ1) is 12.0. The maximum atomic E-state index is 12.5. The monoisotopic (exact) mass is 345 g/mol. The van der Waals surface area contributed by atoms with Crippen molar-refractivity contribution in [3.05, 3.63) is 29.8 Å². The molecule has 0 radical (unpaired) electrons. The molecule has 0 atom stereocenters. The fourth-order valence-electron chi connectivity index (χ4n) is 3.44. The highest BCUT2D eigenvalue weighted by Gasteiger charge is 2.27. The quantitative estimate of drug-likeness (QED) is 0.777. The van der Waals surface area contributed by atoms with Gasteiger partial charge in [0.15, 0.2) is 0 Å². The van der Waals surface area contributed by atoms with E-state index < -0.39 is 5.97 Å². The Morgan fingerprint density at radius 1 is 1.20 bits per heavy atom. The number of hydrogen-bond acceptors (Lipinski definition) is 3. The number of carbonyl (C=O) groups is 3. The van der Waals surface area contributed by atoms with Crippen molar-refractivity contribution in [3.63, 3.8) is 0 Å². The number of benzene rings is 1. The molecule has 1 aliphatic heterocycles. The number of hydrogen-bond donors (Lipinski definition) is 3.